The van der Waals surface area contributed by atoms with Gasteiger partial charge in [-0.3, -0.25) is 0 Å². The second-order valence-electron chi connectivity index (χ2n) is 4.71. The van der Waals surface area contributed by atoms with Crippen LogP contribution in [-0.2, 0) is 0 Å². The minimum absolute atomic E-state index is 0.519. The molecule has 0 amide bonds. The molecular weight excluding hydrogens is 216 g/mol. The molecule has 0 aliphatic heterocycles. The van der Waals surface area contributed by atoms with Crippen molar-refractivity contribution in [3.8, 4) is 0 Å². The van der Waals surface area contributed by atoms with Gasteiger partial charge in [-0.1, -0.05) is 13.8 Å². The zero-order chi connectivity index (χ0) is 11.5. The zero-order valence-corrected chi connectivity index (χ0v) is 10.8. The highest BCUT2D eigenvalue weighted by atomic mass is 32.1. The minimum atomic E-state index is 0.519. The summed E-state index contributed by atoms with van der Waals surface area (Å²) in [6.07, 6.45) is 1.20. The summed E-state index contributed by atoms with van der Waals surface area (Å²) >= 11 is 1.69. The molecule has 0 bridgehead atoms. The summed E-state index contributed by atoms with van der Waals surface area (Å²) in [5.41, 5.74) is 4.18. The van der Waals surface area contributed by atoms with Crippen LogP contribution in [0.1, 0.15) is 27.2 Å². The fourth-order valence-electron chi connectivity index (χ4n) is 2.00. The van der Waals surface area contributed by atoms with E-state index in [4.69, 9.17) is 0 Å². The van der Waals surface area contributed by atoms with Crippen molar-refractivity contribution in [2.24, 2.45) is 5.92 Å². The Morgan fingerprint density at radius 1 is 1.31 bits per heavy atom. The molecule has 0 radical (unpaired) electrons. The van der Waals surface area contributed by atoms with E-state index in [1.807, 2.05) is 5.51 Å². The van der Waals surface area contributed by atoms with Gasteiger partial charge < -0.3 is 5.32 Å². The summed E-state index contributed by atoms with van der Waals surface area (Å²) in [6.45, 7) is 6.74. The standard InChI is InChI=1S/C13H18N2S/c1-9(2)6-10(3)15-11-4-5-12-13(7-11)16-8-14-12/h4-5,7-10,15H,6H2,1-3H3. The van der Waals surface area contributed by atoms with E-state index in [0.29, 0.717) is 6.04 Å². The van der Waals surface area contributed by atoms with E-state index >= 15 is 0 Å². The van der Waals surface area contributed by atoms with Crippen LogP contribution < -0.4 is 5.32 Å². The Bertz CT molecular complexity index is 462. The SMILES string of the molecule is CC(C)CC(C)Nc1ccc2ncsc2c1. The largest absolute Gasteiger partial charge is 0.383 e. The molecule has 1 unspecified atom stereocenters. The van der Waals surface area contributed by atoms with E-state index in [9.17, 15) is 0 Å². The van der Waals surface area contributed by atoms with Gasteiger partial charge in [0.15, 0.2) is 0 Å². The predicted octanol–water partition coefficient (Wildman–Crippen LogP) is 4.14. The van der Waals surface area contributed by atoms with Gasteiger partial charge in [-0.05, 0) is 37.5 Å². The molecule has 1 heterocycles. The molecule has 1 atom stereocenters. The molecule has 0 spiro atoms. The maximum absolute atomic E-state index is 4.28. The number of nitrogens with one attached hydrogen (secondary N) is 1. The average Bonchev–Trinajstić information content (AvgIpc) is 2.63. The molecule has 2 rings (SSSR count). The first-order chi connectivity index (χ1) is 7.65. The number of thiazole rings is 1. The molecule has 0 saturated heterocycles. The van der Waals surface area contributed by atoms with Gasteiger partial charge in [0, 0.05) is 11.7 Å². The van der Waals surface area contributed by atoms with Gasteiger partial charge in [0.25, 0.3) is 0 Å². The molecule has 2 aromatic rings. The molecule has 2 nitrogen and oxygen atoms in total. The topological polar surface area (TPSA) is 24.9 Å². The van der Waals surface area contributed by atoms with Crippen LogP contribution in [0.3, 0.4) is 0 Å². The van der Waals surface area contributed by atoms with Crippen molar-refractivity contribution < 1.29 is 0 Å². The summed E-state index contributed by atoms with van der Waals surface area (Å²) < 4.78 is 1.25. The fourth-order valence-corrected chi connectivity index (χ4v) is 2.71. The van der Waals surface area contributed by atoms with Gasteiger partial charge in [0.1, 0.15) is 0 Å². The lowest BCUT2D eigenvalue weighted by Gasteiger charge is -2.17. The lowest BCUT2D eigenvalue weighted by atomic mass is 10.1. The summed E-state index contributed by atoms with van der Waals surface area (Å²) in [5, 5.41) is 3.53. The first-order valence-corrected chi connectivity index (χ1v) is 6.63. The normalized spacial score (nSPS) is 13.2. The van der Waals surface area contributed by atoms with E-state index in [0.717, 1.165) is 11.4 Å². The first kappa shape index (κ1) is 11.4. The highest BCUT2D eigenvalue weighted by Crippen LogP contribution is 2.22. The molecule has 3 heteroatoms. The van der Waals surface area contributed by atoms with Gasteiger partial charge in [-0.25, -0.2) is 4.98 Å². The van der Waals surface area contributed by atoms with Crippen LogP contribution in [-0.4, -0.2) is 11.0 Å². The number of hydrogen-bond donors (Lipinski definition) is 1. The van der Waals surface area contributed by atoms with E-state index in [1.54, 1.807) is 11.3 Å². The van der Waals surface area contributed by atoms with Crippen LogP contribution in [0, 0.1) is 5.92 Å². The van der Waals surface area contributed by atoms with E-state index in [2.05, 4.69) is 49.3 Å². The van der Waals surface area contributed by atoms with Crippen LogP contribution in [0.2, 0.25) is 0 Å². The van der Waals surface area contributed by atoms with Crippen molar-refractivity contribution in [2.45, 2.75) is 33.2 Å². The van der Waals surface area contributed by atoms with Crippen molar-refractivity contribution >= 4 is 27.2 Å². The number of nitrogens with zero attached hydrogens (tertiary/aromatic N) is 1. The van der Waals surface area contributed by atoms with Gasteiger partial charge in [0.05, 0.1) is 15.7 Å². The average molecular weight is 234 g/mol. The van der Waals surface area contributed by atoms with Crippen LogP contribution in [0.4, 0.5) is 5.69 Å². The van der Waals surface area contributed by atoms with E-state index < -0.39 is 0 Å². The van der Waals surface area contributed by atoms with Crippen LogP contribution in [0.15, 0.2) is 23.7 Å². The summed E-state index contributed by atoms with van der Waals surface area (Å²) in [5.74, 6) is 0.731. The van der Waals surface area contributed by atoms with Crippen molar-refractivity contribution in [1.82, 2.24) is 4.98 Å². The predicted molar refractivity (Wildman–Crippen MR) is 72.2 cm³/mol. The van der Waals surface area contributed by atoms with Crippen LogP contribution >= 0.6 is 11.3 Å². The molecule has 1 aromatic heterocycles. The van der Waals surface area contributed by atoms with Crippen LogP contribution in [0.5, 0.6) is 0 Å². The molecule has 0 saturated carbocycles. The van der Waals surface area contributed by atoms with Gasteiger partial charge in [-0.15, -0.1) is 11.3 Å². The number of fused-ring (bicyclic) bond motifs is 1. The fraction of sp³-hybridized carbons (Fsp3) is 0.462. The maximum Gasteiger partial charge on any atom is 0.0813 e. The van der Waals surface area contributed by atoms with E-state index in [1.165, 1.54) is 16.8 Å². The smallest absolute Gasteiger partial charge is 0.0813 e. The molecule has 16 heavy (non-hydrogen) atoms. The second kappa shape index (κ2) is 4.83. The highest BCUT2D eigenvalue weighted by molar-refractivity contribution is 7.16. The molecule has 86 valence electrons. The summed E-state index contributed by atoms with van der Waals surface area (Å²) in [4.78, 5) is 4.28. The Kier molecular flexibility index (Phi) is 3.44. The first-order valence-electron chi connectivity index (χ1n) is 5.75. The quantitative estimate of drug-likeness (QED) is 0.860. The van der Waals surface area contributed by atoms with Crippen molar-refractivity contribution in [3.63, 3.8) is 0 Å². The van der Waals surface area contributed by atoms with Crippen LogP contribution in [0.25, 0.3) is 10.2 Å². The molecule has 0 aliphatic rings. The number of hydrogen-bond acceptors (Lipinski definition) is 3. The third-order valence-electron chi connectivity index (χ3n) is 2.57. The molecule has 1 aromatic carbocycles. The van der Waals surface area contributed by atoms with Gasteiger partial charge in [0.2, 0.25) is 0 Å². The van der Waals surface area contributed by atoms with Crippen molar-refractivity contribution in [1.29, 1.82) is 0 Å². The Morgan fingerprint density at radius 2 is 2.12 bits per heavy atom. The monoisotopic (exact) mass is 234 g/mol. The lowest BCUT2D eigenvalue weighted by Crippen LogP contribution is -2.17. The number of aromatic nitrogens is 1. The number of benzene rings is 1. The highest BCUT2D eigenvalue weighted by Gasteiger charge is 2.05. The molecule has 0 aliphatic carbocycles. The second-order valence-corrected chi connectivity index (χ2v) is 5.60. The molecular formula is C13H18N2S. The van der Waals surface area contributed by atoms with E-state index in [-0.39, 0.29) is 0 Å². The minimum Gasteiger partial charge on any atom is -0.383 e. The summed E-state index contributed by atoms with van der Waals surface area (Å²) in [6, 6.07) is 6.89. The van der Waals surface area contributed by atoms with Crippen molar-refractivity contribution in [2.75, 3.05) is 5.32 Å². The number of rotatable bonds is 4. The Hall–Kier alpha value is -1.09. The van der Waals surface area contributed by atoms with Gasteiger partial charge in [-0.2, -0.15) is 0 Å². The number of anilines is 1. The lowest BCUT2D eigenvalue weighted by molar-refractivity contribution is 0.540. The van der Waals surface area contributed by atoms with Crippen molar-refractivity contribution in [3.05, 3.63) is 23.7 Å². The zero-order valence-electron chi connectivity index (χ0n) is 10.0. The third kappa shape index (κ3) is 2.73. The third-order valence-corrected chi connectivity index (χ3v) is 3.36. The Labute approximate surface area is 101 Å². The molecule has 1 N–H and O–H groups in total. The Morgan fingerprint density at radius 3 is 2.88 bits per heavy atom. The summed E-state index contributed by atoms with van der Waals surface area (Å²) in [7, 11) is 0. The molecule has 0 fully saturated rings. The Balaban J connectivity index is 2.08. The maximum atomic E-state index is 4.28. The van der Waals surface area contributed by atoms with Gasteiger partial charge >= 0.3 is 0 Å².